The minimum atomic E-state index is -3.07. The number of hydrogen-bond acceptors (Lipinski definition) is 5. The number of hydrogen-bond donors (Lipinski definition) is 0. The first kappa shape index (κ1) is 16.5. The lowest BCUT2D eigenvalue weighted by molar-refractivity contribution is 0.0779. The molecule has 0 N–H and O–H groups in total. The molecule has 2 aliphatic heterocycles. The van der Waals surface area contributed by atoms with Gasteiger partial charge in [-0.05, 0) is 37.5 Å². The van der Waals surface area contributed by atoms with Gasteiger partial charge < -0.3 is 4.90 Å². The Kier molecular flexibility index (Phi) is 3.84. The van der Waals surface area contributed by atoms with Gasteiger partial charge in [-0.25, -0.2) is 8.42 Å². The minimum Gasteiger partial charge on any atom is -0.336 e. The summed E-state index contributed by atoms with van der Waals surface area (Å²) in [6.45, 7) is 2.43. The number of likely N-dealkylation sites (tertiary alicyclic amines) is 1. The first-order valence-electron chi connectivity index (χ1n) is 8.06. The molecule has 7 nitrogen and oxygen atoms in total. The van der Waals surface area contributed by atoms with E-state index in [9.17, 15) is 13.2 Å². The zero-order valence-corrected chi connectivity index (χ0v) is 15.2. The van der Waals surface area contributed by atoms with Gasteiger partial charge >= 0.3 is 0 Å². The Morgan fingerprint density at radius 3 is 2.80 bits per heavy atom. The summed E-state index contributed by atoms with van der Waals surface area (Å²) in [5, 5.41) is 8.72. The number of fused-ring (bicyclic) bond motifs is 1. The van der Waals surface area contributed by atoms with Crippen LogP contribution in [0.5, 0.6) is 0 Å². The molecule has 0 saturated carbocycles. The van der Waals surface area contributed by atoms with Gasteiger partial charge in [0.15, 0.2) is 15.5 Å². The molecule has 4 rings (SSSR count). The van der Waals surface area contributed by atoms with E-state index in [0.29, 0.717) is 29.4 Å². The molecule has 3 heterocycles. The van der Waals surface area contributed by atoms with Crippen molar-refractivity contribution in [2.24, 2.45) is 5.92 Å². The second kappa shape index (κ2) is 5.81. The van der Waals surface area contributed by atoms with Crippen LogP contribution in [0.2, 0.25) is 5.02 Å². The minimum absolute atomic E-state index is 0.0391. The molecule has 2 aromatic rings. The fourth-order valence-corrected chi connectivity index (χ4v) is 5.93. The monoisotopic (exact) mass is 380 g/mol. The van der Waals surface area contributed by atoms with Crippen molar-refractivity contribution in [1.82, 2.24) is 19.9 Å². The number of nitrogens with zero attached hydrogens (tertiary/aromatic N) is 4. The average molecular weight is 381 g/mol. The van der Waals surface area contributed by atoms with E-state index in [-0.39, 0.29) is 29.8 Å². The van der Waals surface area contributed by atoms with Gasteiger partial charge in [-0.1, -0.05) is 17.7 Å². The van der Waals surface area contributed by atoms with Crippen LogP contribution in [0.4, 0.5) is 0 Å². The normalized spacial score (nSPS) is 24.5. The molecular formula is C16H17ClN4O3S. The first-order chi connectivity index (χ1) is 11.8. The van der Waals surface area contributed by atoms with Crippen LogP contribution in [0.1, 0.15) is 22.6 Å². The molecule has 0 spiro atoms. The SMILES string of the molecule is Cc1nn(-c2cccc(Cl)c2)nc1C(=O)N1C[C@@H]2CCS(=O)(=O)[C@@H]2C1. The number of aromatic nitrogens is 3. The predicted molar refractivity (Wildman–Crippen MR) is 92.7 cm³/mol. The molecule has 0 aliphatic carbocycles. The van der Waals surface area contributed by atoms with Crippen molar-refractivity contribution in [1.29, 1.82) is 0 Å². The Hall–Kier alpha value is -1.93. The van der Waals surface area contributed by atoms with Crippen molar-refractivity contribution in [2.75, 3.05) is 18.8 Å². The van der Waals surface area contributed by atoms with Gasteiger partial charge in [-0.3, -0.25) is 4.79 Å². The fraction of sp³-hybridized carbons (Fsp3) is 0.438. The molecule has 25 heavy (non-hydrogen) atoms. The van der Waals surface area contributed by atoms with Crippen LogP contribution in [0.15, 0.2) is 24.3 Å². The number of benzene rings is 1. The number of carbonyl (C=O) groups is 1. The molecule has 132 valence electrons. The van der Waals surface area contributed by atoms with E-state index in [1.54, 1.807) is 36.1 Å². The highest BCUT2D eigenvalue weighted by Gasteiger charge is 2.47. The lowest BCUT2D eigenvalue weighted by atomic mass is 10.1. The van der Waals surface area contributed by atoms with Crippen molar-refractivity contribution in [3.63, 3.8) is 0 Å². The molecule has 2 saturated heterocycles. The maximum atomic E-state index is 12.8. The van der Waals surface area contributed by atoms with Gasteiger partial charge in [0.2, 0.25) is 0 Å². The number of aryl methyl sites for hydroxylation is 1. The molecule has 2 fully saturated rings. The van der Waals surface area contributed by atoms with Crippen molar-refractivity contribution >= 4 is 27.3 Å². The number of carbonyl (C=O) groups excluding carboxylic acids is 1. The maximum Gasteiger partial charge on any atom is 0.276 e. The average Bonchev–Trinajstić information content (AvgIpc) is 3.23. The summed E-state index contributed by atoms with van der Waals surface area (Å²) in [4.78, 5) is 15.8. The van der Waals surface area contributed by atoms with Gasteiger partial charge in [-0.15, -0.1) is 5.10 Å². The largest absolute Gasteiger partial charge is 0.336 e. The Labute approximate surface area is 150 Å². The van der Waals surface area contributed by atoms with Crippen molar-refractivity contribution < 1.29 is 13.2 Å². The second-order valence-corrected chi connectivity index (χ2v) is 9.34. The topological polar surface area (TPSA) is 85.2 Å². The van der Waals surface area contributed by atoms with E-state index < -0.39 is 15.1 Å². The zero-order valence-electron chi connectivity index (χ0n) is 13.6. The van der Waals surface area contributed by atoms with E-state index in [1.807, 2.05) is 0 Å². The summed E-state index contributed by atoms with van der Waals surface area (Å²) in [5.41, 5.74) is 1.41. The molecule has 9 heteroatoms. The number of sulfone groups is 1. The van der Waals surface area contributed by atoms with E-state index in [4.69, 9.17) is 11.6 Å². The Balaban J connectivity index is 1.60. The van der Waals surface area contributed by atoms with Gasteiger partial charge in [0.05, 0.1) is 22.4 Å². The highest BCUT2D eigenvalue weighted by molar-refractivity contribution is 7.92. The van der Waals surface area contributed by atoms with Gasteiger partial charge in [-0.2, -0.15) is 9.90 Å². The summed E-state index contributed by atoms with van der Waals surface area (Å²) in [6.07, 6.45) is 0.630. The first-order valence-corrected chi connectivity index (χ1v) is 10.2. The summed E-state index contributed by atoms with van der Waals surface area (Å²) in [7, 11) is -3.07. The highest BCUT2D eigenvalue weighted by atomic mass is 35.5. The Morgan fingerprint density at radius 2 is 2.08 bits per heavy atom. The molecular weight excluding hydrogens is 364 g/mol. The van der Waals surface area contributed by atoms with Crippen LogP contribution < -0.4 is 0 Å². The highest BCUT2D eigenvalue weighted by Crippen LogP contribution is 2.34. The number of amides is 1. The third-order valence-corrected chi connectivity index (χ3v) is 7.42. The quantitative estimate of drug-likeness (QED) is 0.788. The summed E-state index contributed by atoms with van der Waals surface area (Å²) < 4.78 is 24.1. The van der Waals surface area contributed by atoms with Crippen molar-refractivity contribution in [2.45, 2.75) is 18.6 Å². The standard InChI is InChI=1S/C16H17ClN4O3S/c1-10-15(19-21(18-10)13-4-2-3-12(17)7-13)16(22)20-8-11-5-6-25(23,24)14(11)9-20/h2-4,7,11,14H,5-6,8-9H2,1H3/t11-,14+/m0/s1. The van der Waals surface area contributed by atoms with Gasteiger partial charge in [0, 0.05) is 18.1 Å². The molecule has 0 bridgehead atoms. The fourth-order valence-electron chi connectivity index (χ4n) is 3.60. The third kappa shape index (κ3) is 2.83. The zero-order chi connectivity index (χ0) is 17.8. The van der Waals surface area contributed by atoms with Crippen molar-refractivity contribution in [3.05, 3.63) is 40.7 Å². The van der Waals surface area contributed by atoms with Crippen LogP contribution in [0.3, 0.4) is 0 Å². The molecule has 2 atom stereocenters. The molecule has 2 aliphatic rings. The van der Waals surface area contributed by atoms with E-state index >= 15 is 0 Å². The smallest absolute Gasteiger partial charge is 0.276 e. The molecule has 0 radical (unpaired) electrons. The number of rotatable bonds is 2. The van der Waals surface area contributed by atoms with Crippen LogP contribution in [0.25, 0.3) is 5.69 Å². The number of halogens is 1. The molecule has 0 unspecified atom stereocenters. The lowest BCUT2D eigenvalue weighted by Gasteiger charge is -2.15. The Bertz CT molecular complexity index is 956. The summed E-state index contributed by atoms with van der Waals surface area (Å²) in [6, 6.07) is 7.04. The lowest BCUT2D eigenvalue weighted by Crippen LogP contribution is -2.32. The summed E-state index contributed by atoms with van der Waals surface area (Å²) in [5.74, 6) is 0.00143. The second-order valence-electron chi connectivity index (χ2n) is 6.57. The predicted octanol–water partition coefficient (Wildman–Crippen LogP) is 1.49. The van der Waals surface area contributed by atoms with Crippen LogP contribution >= 0.6 is 11.6 Å². The Morgan fingerprint density at radius 1 is 1.28 bits per heavy atom. The van der Waals surface area contributed by atoms with E-state index in [2.05, 4.69) is 10.2 Å². The van der Waals surface area contributed by atoms with Gasteiger partial charge in [0.25, 0.3) is 5.91 Å². The van der Waals surface area contributed by atoms with Gasteiger partial charge in [0.1, 0.15) is 0 Å². The van der Waals surface area contributed by atoms with Crippen LogP contribution in [0, 0.1) is 12.8 Å². The maximum absolute atomic E-state index is 12.8. The third-order valence-electron chi connectivity index (χ3n) is 4.93. The van der Waals surface area contributed by atoms with Crippen LogP contribution in [-0.2, 0) is 9.84 Å². The summed E-state index contributed by atoms with van der Waals surface area (Å²) >= 11 is 5.99. The van der Waals surface area contributed by atoms with Crippen molar-refractivity contribution in [3.8, 4) is 5.69 Å². The molecule has 1 aromatic heterocycles. The molecule has 1 aromatic carbocycles. The molecule has 1 amide bonds. The van der Waals surface area contributed by atoms with E-state index in [1.165, 1.54) is 4.80 Å². The van der Waals surface area contributed by atoms with E-state index in [0.717, 1.165) is 0 Å². The van der Waals surface area contributed by atoms with Crippen LogP contribution in [-0.4, -0.2) is 58.3 Å².